The normalized spacial score (nSPS) is 28.2. The summed E-state index contributed by atoms with van der Waals surface area (Å²) >= 11 is 0. The second kappa shape index (κ2) is 2.61. The van der Waals surface area contributed by atoms with Crippen LogP contribution >= 0.6 is 0 Å². The van der Waals surface area contributed by atoms with Crippen molar-refractivity contribution < 1.29 is 18.9 Å². The fourth-order valence-electron chi connectivity index (χ4n) is 1.23. The van der Waals surface area contributed by atoms with Crippen LogP contribution in [-0.2, 0) is 9.59 Å². The summed E-state index contributed by atoms with van der Waals surface area (Å²) in [5.74, 6) is -1.22. The maximum absolute atomic E-state index is 11.4. The van der Waals surface area contributed by atoms with Gasteiger partial charge in [-0.2, -0.15) is 4.48 Å². The van der Waals surface area contributed by atoms with Gasteiger partial charge in [-0.25, -0.2) is 14.5 Å². The first-order valence-electron chi connectivity index (χ1n) is 3.76. The van der Waals surface area contributed by atoms with Gasteiger partial charge in [0.15, 0.2) is 0 Å². The van der Waals surface area contributed by atoms with Crippen molar-refractivity contribution >= 4 is 17.8 Å². The van der Waals surface area contributed by atoms with Crippen molar-refractivity contribution in [1.82, 2.24) is 4.90 Å². The molecule has 1 unspecified atom stereocenters. The molecule has 13 heavy (non-hydrogen) atoms. The Morgan fingerprint density at radius 3 is 2.23 bits per heavy atom. The molecule has 6 heteroatoms. The molecule has 0 radical (unpaired) electrons. The SMILES string of the molecule is CN1C(=O)C(N)C(=O)[N+](C)(C)C1=O. The van der Waals surface area contributed by atoms with Crippen molar-refractivity contribution in [3.05, 3.63) is 0 Å². The van der Waals surface area contributed by atoms with E-state index in [0.717, 1.165) is 4.90 Å². The molecule has 1 aliphatic rings. The predicted molar refractivity (Wildman–Crippen MR) is 43.3 cm³/mol. The molecule has 2 N–H and O–H groups in total. The van der Waals surface area contributed by atoms with Gasteiger partial charge in [-0.05, 0) is 0 Å². The first-order valence-corrected chi connectivity index (χ1v) is 3.76. The lowest BCUT2D eigenvalue weighted by Crippen LogP contribution is -2.70. The molecule has 0 aromatic rings. The van der Waals surface area contributed by atoms with E-state index in [1.165, 1.54) is 21.1 Å². The predicted octanol–water partition coefficient (Wildman–Crippen LogP) is -1.49. The minimum Gasteiger partial charge on any atom is -0.309 e. The summed E-state index contributed by atoms with van der Waals surface area (Å²) in [5.41, 5.74) is 5.34. The zero-order valence-electron chi connectivity index (χ0n) is 7.77. The van der Waals surface area contributed by atoms with E-state index in [0.29, 0.717) is 0 Å². The number of nitrogens with two attached hydrogens (primary N) is 1. The van der Waals surface area contributed by atoms with E-state index < -0.39 is 28.4 Å². The van der Waals surface area contributed by atoms with Crippen LogP contribution in [0, 0.1) is 0 Å². The third-order valence-electron chi connectivity index (χ3n) is 2.18. The van der Waals surface area contributed by atoms with Crippen LogP contribution in [0.3, 0.4) is 0 Å². The second-order valence-corrected chi connectivity index (χ2v) is 3.45. The topological polar surface area (TPSA) is 80.5 Å². The summed E-state index contributed by atoms with van der Waals surface area (Å²) in [6, 6.07) is -1.78. The summed E-state index contributed by atoms with van der Waals surface area (Å²) in [5, 5.41) is 0. The number of hydrogen-bond donors (Lipinski definition) is 1. The number of imide groups is 2. The van der Waals surface area contributed by atoms with Crippen LogP contribution in [0.5, 0.6) is 0 Å². The zero-order valence-corrected chi connectivity index (χ0v) is 7.77. The maximum Gasteiger partial charge on any atom is 0.432 e. The third-order valence-corrected chi connectivity index (χ3v) is 2.18. The molecule has 72 valence electrons. The molecule has 0 bridgehead atoms. The molecule has 1 rings (SSSR count). The highest BCUT2D eigenvalue weighted by Gasteiger charge is 2.52. The monoisotopic (exact) mass is 186 g/mol. The summed E-state index contributed by atoms with van der Waals surface area (Å²) in [4.78, 5) is 34.9. The molecule has 0 aliphatic carbocycles. The van der Waals surface area contributed by atoms with Crippen molar-refractivity contribution in [2.75, 3.05) is 21.1 Å². The number of urea groups is 1. The molecule has 4 amide bonds. The average molecular weight is 186 g/mol. The number of hydrogen-bond acceptors (Lipinski definition) is 4. The van der Waals surface area contributed by atoms with Crippen molar-refractivity contribution in [2.24, 2.45) is 5.73 Å². The van der Waals surface area contributed by atoms with Crippen molar-refractivity contribution in [1.29, 1.82) is 0 Å². The van der Waals surface area contributed by atoms with E-state index >= 15 is 0 Å². The minimum absolute atomic E-state index is 0.511. The number of quaternary nitrogens is 1. The first kappa shape index (κ1) is 9.82. The number of carbonyl (C=O) groups excluding carboxylic acids is 3. The van der Waals surface area contributed by atoms with Gasteiger partial charge in [-0.15, -0.1) is 0 Å². The highest BCUT2D eigenvalue weighted by Crippen LogP contribution is 2.14. The van der Waals surface area contributed by atoms with Crippen LogP contribution in [0.25, 0.3) is 0 Å². The van der Waals surface area contributed by atoms with E-state index in [1.54, 1.807) is 0 Å². The number of rotatable bonds is 0. The van der Waals surface area contributed by atoms with Gasteiger partial charge in [0.1, 0.15) is 0 Å². The van der Waals surface area contributed by atoms with Crippen molar-refractivity contribution in [2.45, 2.75) is 6.04 Å². The molecular formula is C7H12N3O3+. The molecule has 1 heterocycles. The van der Waals surface area contributed by atoms with E-state index in [2.05, 4.69) is 0 Å². The summed E-state index contributed by atoms with van der Waals surface area (Å²) in [6.07, 6.45) is 0. The fraction of sp³-hybridized carbons (Fsp3) is 0.571. The number of nitrogens with zero attached hydrogens (tertiary/aromatic N) is 2. The first-order chi connectivity index (χ1) is 5.80. The van der Waals surface area contributed by atoms with Crippen LogP contribution in [-0.4, -0.2) is 54.4 Å². The fourth-order valence-corrected chi connectivity index (χ4v) is 1.23. The van der Waals surface area contributed by atoms with Crippen LogP contribution in [0.15, 0.2) is 0 Å². The molecule has 0 saturated carbocycles. The zero-order chi connectivity index (χ0) is 10.4. The van der Waals surface area contributed by atoms with Crippen LogP contribution in [0.2, 0.25) is 0 Å². The highest BCUT2D eigenvalue weighted by atomic mass is 16.2. The Kier molecular flexibility index (Phi) is 1.97. The lowest BCUT2D eigenvalue weighted by molar-refractivity contribution is -0.734. The molecule has 1 fully saturated rings. The summed E-state index contributed by atoms with van der Waals surface area (Å²) in [6.45, 7) is 0. The standard InChI is InChI=1S/C7H12N3O3/c1-9-5(11)4(8)6(12)10(2,3)7(9)13/h4H,8H2,1-3H3/q+1. The smallest absolute Gasteiger partial charge is 0.309 e. The summed E-state index contributed by atoms with van der Waals surface area (Å²) < 4.78 is -0.511. The lowest BCUT2D eigenvalue weighted by Gasteiger charge is -2.34. The second-order valence-electron chi connectivity index (χ2n) is 3.45. The van der Waals surface area contributed by atoms with Crippen molar-refractivity contribution in [3.8, 4) is 0 Å². The molecular weight excluding hydrogens is 174 g/mol. The molecule has 6 nitrogen and oxygen atoms in total. The Morgan fingerprint density at radius 1 is 1.31 bits per heavy atom. The minimum atomic E-state index is -1.22. The van der Waals surface area contributed by atoms with Gasteiger partial charge in [0, 0.05) is 7.05 Å². The number of likely N-dealkylation sites (N-methyl/N-ethyl adjacent to an activating group) is 2. The molecule has 1 aliphatic heterocycles. The molecule has 0 aromatic carbocycles. The van der Waals surface area contributed by atoms with Gasteiger partial charge in [-0.1, -0.05) is 0 Å². The van der Waals surface area contributed by atoms with Crippen molar-refractivity contribution in [3.63, 3.8) is 0 Å². The Bertz CT molecular complexity index is 271. The summed E-state index contributed by atoms with van der Waals surface area (Å²) in [7, 11) is 4.14. The van der Waals surface area contributed by atoms with E-state index in [1.807, 2.05) is 0 Å². The highest BCUT2D eigenvalue weighted by molar-refractivity contribution is 6.12. The van der Waals surface area contributed by atoms with Gasteiger partial charge >= 0.3 is 11.9 Å². The maximum atomic E-state index is 11.4. The Morgan fingerprint density at radius 2 is 1.77 bits per heavy atom. The molecule has 1 saturated heterocycles. The Hall–Kier alpha value is -1.27. The van der Waals surface area contributed by atoms with E-state index in [9.17, 15) is 14.4 Å². The number of barbiturate groups is 1. The van der Waals surface area contributed by atoms with Crippen LogP contribution in [0.4, 0.5) is 4.79 Å². The van der Waals surface area contributed by atoms with Crippen LogP contribution < -0.4 is 5.73 Å². The quantitative estimate of drug-likeness (QED) is 0.369. The van der Waals surface area contributed by atoms with Gasteiger partial charge in [0.25, 0.3) is 5.91 Å². The lowest BCUT2D eigenvalue weighted by atomic mass is 10.2. The average Bonchev–Trinajstić information content (AvgIpc) is 2.09. The van der Waals surface area contributed by atoms with Gasteiger partial charge in [0.2, 0.25) is 6.04 Å². The third kappa shape index (κ3) is 1.14. The van der Waals surface area contributed by atoms with Gasteiger partial charge in [-0.3, -0.25) is 4.79 Å². The van der Waals surface area contributed by atoms with Gasteiger partial charge in [0.05, 0.1) is 14.1 Å². The van der Waals surface area contributed by atoms with E-state index in [4.69, 9.17) is 5.73 Å². The molecule has 0 aromatic heterocycles. The number of amides is 4. The number of carbonyl (C=O) groups is 3. The molecule has 0 spiro atoms. The molecule has 1 atom stereocenters. The largest absolute Gasteiger partial charge is 0.432 e. The van der Waals surface area contributed by atoms with E-state index in [-0.39, 0.29) is 0 Å². The van der Waals surface area contributed by atoms with Gasteiger partial charge < -0.3 is 5.73 Å². The Balaban J connectivity index is 3.15. The van der Waals surface area contributed by atoms with Crippen LogP contribution in [0.1, 0.15) is 0 Å². The Labute approximate surface area is 75.5 Å².